The van der Waals surface area contributed by atoms with Gasteiger partial charge in [0.15, 0.2) is 5.11 Å². The summed E-state index contributed by atoms with van der Waals surface area (Å²) in [6, 6.07) is 21.9. The van der Waals surface area contributed by atoms with Crippen molar-refractivity contribution in [2.24, 2.45) is 0 Å². The van der Waals surface area contributed by atoms with Crippen molar-refractivity contribution in [3.8, 4) is 0 Å². The normalized spacial score (nSPS) is 16.4. The third-order valence-electron chi connectivity index (χ3n) is 6.35. The van der Waals surface area contributed by atoms with Gasteiger partial charge in [0.1, 0.15) is 0 Å². The highest BCUT2D eigenvalue weighted by Crippen LogP contribution is 2.30. The van der Waals surface area contributed by atoms with Crippen LogP contribution in [0.3, 0.4) is 0 Å². The fourth-order valence-corrected chi connectivity index (χ4v) is 5.69. The Balaban J connectivity index is 1.43. The fraction of sp³-hybridized carbons (Fsp3) is 0.346. The summed E-state index contributed by atoms with van der Waals surface area (Å²) in [5.74, 6) is 0. The lowest BCUT2D eigenvalue weighted by atomic mass is 10.0. The van der Waals surface area contributed by atoms with Crippen molar-refractivity contribution >= 4 is 40.0 Å². The van der Waals surface area contributed by atoms with Crippen molar-refractivity contribution in [1.82, 2.24) is 10.2 Å². The molecule has 2 heterocycles. The minimum Gasteiger partial charge on any atom is -0.369 e. The molecule has 1 fully saturated rings. The van der Waals surface area contributed by atoms with Crippen molar-refractivity contribution < 1.29 is 0 Å². The van der Waals surface area contributed by atoms with E-state index in [1.165, 1.54) is 21.7 Å². The highest BCUT2D eigenvalue weighted by molar-refractivity contribution is 7.80. The maximum Gasteiger partial charge on any atom is 0.171 e. The fourth-order valence-electron chi connectivity index (χ4n) is 4.43. The van der Waals surface area contributed by atoms with Gasteiger partial charge in [-0.15, -0.1) is 11.3 Å². The molecule has 0 radical (unpaired) electrons. The van der Waals surface area contributed by atoms with E-state index in [2.05, 4.69) is 107 Å². The van der Waals surface area contributed by atoms with Gasteiger partial charge in [-0.3, -0.25) is 4.90 Å². The number of aryl methyl sites for hydroxylation is 1. The van der Waals surface area contributed by atoms with Crippen molar-refractivity contribution in [3.05, 3.63) is 82.0 Å². The second-order valence-electron chi connectivity index (χ2n) is 8.45. The molecule has 0 saturated carbocycles. The van der Waals surface area contributed by atoms with Crippen LogP contribution in [0.15, 0.2) is 66.0 Å². The Hall–Kier alpha value is -2.41. The second-order valence-corrected chi connectivity index (χ2v) is 9.84. The number of nitrogens with zero attached hydrogens (tertiary/aromatic N) is 2. The van der Waals surface area contributed by atoms with Gasteiger partial charge in [0.2, 0.25) is 0 Å². The third-order valence-corrected chi connectivity index (χ3v) is 7.51. The molecule has 0 unspecified atom stereocenters. The summed E-state index contributed by atoms with van der Waals surface area (Å²) in [4.78, 5) is 6.46. The molecule has 1 aliphatic rings. The summed E-state index contributed by atoms with van der Waals surface area (Å²) in [6.45, 7) is 10.6. The number of piperazine rings is 1. The maximum absolute atomic E-state index is 5.70. The van der Waals surface area contributed by atoms with Crippen LogP contribution in [-0.2, 0) is 0 Å². The average molecular weight is 465 g/mol. The molecule has 0 bridgehead atoms. The number of para-hydroxylation sites is 1. The van der Waals surface area contributed by atoms with E-state index in [4.69, 9.17) is 12.2 Å². The summed E-state index contributed by atoms with van der Waals surface area (Å²) in [5, 5.41) is 9.83. The van der Waals surface area contributed by atoms with Gasteiger partial charge in [0.05, 0.1) is 6.04 Å². The standard InChI is InChI=1S/C26H32N4S2/c1-19-9-7-12-23(20(19)2)28-26(31)27-21(3)25(24-13-8-18-32-24)30-16-14-29(15-17-30)22-10-5-4-6-11-22/h4-13,18,21,25H,14-17H2,1-3H3,(H2,27,28,31)/t21-,25-/m1/s1. The lowest BCUT2D eigenvalue weighted by molar-refractivity contribution is 0.163. The molecule has 2 aromatic carbocycles. The van der Waals surface area contributed by atoms with Crippen LogP contribution < -0.4 is 15.5 Å². The molecule has 1 aromatic heterocycles. The lowest BCUT2D eigenvalue weighted by Gasteiger charge is -2.42. The molecule has 0 aliphatic carbocycles. The minimum atomic E-state index is 0.182. The molecule has 0 spiro atoms. The first-order valence-corrected chi connectivity index (χ1v) is 12.5. The van der Waals surface area contributed by atoms with Gasteiger partial charge in [-0.25, -0.2) is 0 Å². The van der Waals surface area contributed by atoms with Gasteiger partial charge in [0, 0.05) is 48.5 Å². The predicted molar refractivity (Wildman–Crippen MR) is 142 cm³/mol. The number of benzene rings is 2. The molecule has 2 atom stereocenters. The maximum atomic E-state index is 5.70. The Labute approximate surface area is 201 Å². The third kappa shape index (κ3) is 5.31. The van der Waals surface area contributed by atoms with Crippen LogP contribution >= 0.6 is 23.6 Å². The van der Waals surface area contributed by atoms with Crippen LogP contribution in [0.25, 0.3) is 0 Å². The number of hydrogen-bond donors (Lipinski definition) is 2. The van der Waals surface area contributed by atoms with E-state index in [0.717, 1.165) is 31.9 Å². The van der Waals surface area contributed by atoms with E-state index in [-0.39, 0.29) is 12.1 Å². The highest BCUT2D eigenvalue weighted by Gasteiger charge is 2.30. The number of rotatable bonds is 6. The molecule has 4 nitrogen and oxygen atoms in total. The zero-order valence-electron chi connectivity index (χ0n) is 19.0. The number of thiocarbonyl (C=S) groups is 1. The SMILES string of the molecule is Cc1cccc(NC(=S)N[C@H](C)[C@H](c2cccs2)N2CCN(c3ccccc3)CC2)c1C. The van der Waals surface area contributed by atoms with E-state index in [0.29, 0.717) is 5.11 Å². The molecule has 2 N–H and O–H groups in total. The summed E-state index contributed by atoms with van der Waals surface area (Å²) in [7, 11) is 0. The highest BCUT2D eigenvalue weighted by atomic mass is 32.1. The van der Waals surface area contributed by atoms with E-state index >= 15 is 0 Å². The van der Waals surface area contributed by atoms with Crippen LogP contribution in [0.5, 0.6) is 0 Å². The monoisotopic (exact) mass is 464 g/mol. The van der Waals surface area contributed by atoms with Crippen molar-refractivity contribution in [3.63, 3.8) is 0 Å². The van der Waals surface area contributed by atoms with Crippen molar-refractivity contribution in [1.29, 1.82) is 0 Å². The second kappa shape index (κ2) is 10.5. The quantitative estimate of drug-likeness (QED) is 0.464. The number of hydrogen-bond acceptors (Lipinski definition) is 4. The first-order chi connectivity index (χ1) is 15.5. The van der Waals surface area contributed by atoms with Gasteiger partial charge in [-0.05, 0) is 73.8 Å². The molecule has 168 valence electrons. The molecule has 0 amide bonds. The van der Waals surface area contributed by atoms with Crippen LogP contribution in [0.4, 0.5) is 11.4 Å². The summed E-state index contributed by atoms with van der Waals surface area (Å²) >= 11 is 7.53. The molecule has 1 saturated heterocycles. The van der Waals surface area contributed by atoms with Crippen molar-refractivity contribution in [2.75, 3.05) is 36.4 Å². The van der Waals surface area contributed by atoms with Crippen LogP contribution in [-0.4, -0.2) is 42.2 Å². The molecule has 32 heavy (non-hydrogen) atoms. The Kier molecular flexibility index (Phi) is 7.45. The van der Waals surface area contributed by atoms with E-state index in [1.807, 2.05) is 11.3 Å². The Morgan fingerprint density at radius 3 is 2.38 bits per heavy atom. The number of nitrogens with one attached hydrogen (secondary N) is 2. The van der Waals surface area contributed by atoms with Crippen molar-refractivity contribution in [2.45, 2.75) is 32.9 Å². The first-order valence-electron chi connectivity index (χ1n) is 11.2. The van der Waals surface area contributed by atoms with Crippen LogP contribution in [0.2, 0.25) is 0 Å². The number of anilines is 2. The van der Waals surface area contributed by atoms with Gasteiger partial charge < -0.3 is 15.5 Å². The molecule has 4 rings (SSSR count). The zero-order valence-corrected chi connectivity index (χ0v) is 20.7. The largest absolute Gasteiger partial charge is 0.369 e. The van der Waals surface area contributed by atoms with Gasteiger partial charge in [-0.1, -0.05) is 36.4 Å². The van der Waals surface area contributed by atoms with Gasteiger partial charge in [0.25, 0.3) is 0 Å². The number of thiophene rings is 1. The minimum absolute atomic E-state index is 0.182. The summed E-state index contributed by atoms with van der Waals surface area (Å²) in [6.07, 6.45) is 0. The van der Waals surface area contributed by atoms with E-state index < -0.39 is 0 Å². The Morgan fingerprint density at radius 1 is 0.938 bits per heavy atom. The zero-order chi connectivity index (χ0) is 22.5. The van der Waals surface area contributed by atoms with E-state index in [9.17, 15) is 0 Å². The Bertz CT molecular complexity index is 1010. The first kappa shape index (κ1) is 22.8. The smallest absolute Gasteiger partial charge is 0.171 e. The molecule has 3 aromatic rings. The predicted octanol–water partition coefficient (Wildman–Crippen LogP) is 5.60. The van der Waals surface area contributed by atoms with Crippen LogP contribution in [0, 0.1) is 13.8 Å². The topological polar surface area (TPSA) is 30.5 Å². The molecule has 1 aliphatic heterocycles. The average Bonchev–Trinajstić information content (AvgIpc) is 3.32. The molecular formula is C26H32N4S2. The summed E-state index contributed by atoms with van der Waals surface area (Å²) < 4.78 is 0. The molecular weight excluding hydrogens is 432 g/mol. The summed E-state index contributed by atoms with van der Waals surface area (Å²) in [5.41, 5.74) is 4.87. The lowest BCUT2D eigenvalue weighted by Crippen LogP contribution is -2.52. The van der Waals surface area contributed by atoms with Gasteiger partial charge in [-0.2, -0.15) is 0 Å². The van der Waals surface area contributed by atoms with Gasteiger partial charge >= 0.3 is 0 Å². The van der Waals surface area contributed by atoms with E-state index in [1.54, 1.807) is 0 Å². The molecule has 6 heteroatoms. The van der Waals surface area contributed by atoms with Crippen LogP contribution in [0.1, 0.15) is 29.0 Å². The Morgan fingerprint density at radius 2 is 1.69 bits per heavy atom.